The van der Waals surface area contributed by atoms with Crippen molar-refractivity contribution in [2.24, 2.45) is 0 Å². The average molecular weight is 368 g/mol. The second-order valence-corrected chi connectivity index (χ2v) is 6.93. The van der Waals surface area contributed by atoms with Gasteiger partial charge >= 0.3 is 0 Å². The number of rotatable bonds is 5. The summed E-state index contributed by atoms with van der Waals surface area (Å²) < 4.78 is 44.8. The molecule has 2 aromatic carbocycles. The first kappa shape index (κ1) is 16.6. The lowest BCUT2D eigenvalue weighted by molar-refractivity contribution is 0.494. The molecule has 0 atom stereocenters. The summed E-state index contributed by atoms with van der Waals surface area (Å²) in [5.41, 5.74) is 0.555. The van der Waals surface area contributed by atoms with Crippen molar-refractivity contribution in [2.75, 3.05) is 0 Å². The van der Waals surface area contributed by atoms with Crippen molar-refractivity contribution in [3.63, 3.8) is 0 Å². The van der Waals surface area contributed by atoms with Gasteiger partial charge in [-0.25, -0.2) is 17.5 Å². The second kappa shape index (κ2) is 6.68. The SMILES string of the molecule is O=S(=O)(NCc1nnc(-c2ccccc2Cl)o1)c1ccc(F)cc1. The smallest absolute Gasteiger partial charge is 0.249 e. The molecule has 0 unspecified atom stereocenters. The summed E-state index contributed by atoms with van der Waals surface area (Å²) in [6.45, 7) is -0.197. The highest BCUT2D eigenvalue weighted by Gasteiger charge is 2.17. The summed E-state index contributed by atoms with van der Waals surface area (Å²) in [4.78, 5) is -0.0604. The van der Waals surface area contributed by atoms with Crippen molar-refractivity contribution in [1.82, 2.24) is 14.9 Å². The molecule has 6 nitrogen and oxygen atoms in total. The normalized spacial score (nSPS) is 11.6. The van der Waals surface area contributed by atoms with Crippen LogP contribution in [0.5, 0.6) is 0 Å². The Hall–Kier alpha value is -2.29. The summed E-state index contributed by atoms with van der Waals surface area (Å²) >= 11 is 6.04. The Labute approximate surface area is 142 Å². The Morgan fingerprint density at radius 1 is 1.08 bits per heavy atom. The van der Waals surface area contributed by atoms with Crippen LogP contribution in [0.15, 0.2) is 57.8 Å². The number of aromatic nitrogens is 2. The topological polar surface area (TPSA) is 85.1 Å². The van der Waals surface area contributed by atoms with Crippen molar-refractivity contribution >= 4 is 21.6 Å². The highest BCUT2D eigenvalue weighted by molar-refractivity contribution is 7.89. The fourth-order valence-electron chi connectivity index (χ4n) is 1.92. The lowest BCUT2D eigenvalue weighted by atomic mass is 10.2. The molecule has 1 heterocycles. The van der Waals surface area contributed by atoms with E-state index in [4.69, 9.17) is 16.0 Å². The monoisotopic (exact) mass is 367 g/mol. The summed E-state index contributed by atoms with van der Waals surface area (Å²) in [5.74, 6) is -0.248. The first-order chi connectivity index (χ1) is 11.5. The van der Waals surface area contributed by atoms with Crippen LogP contribution in [0.25, 0.3) is 11.5 Å². The van der Waals surface area contributed by atoms with Gasteiger partial charge in [0.1, 0.15) is 5.82 Å². The van der Waals surface area contributed by atoms with Crippen LogP contribution in [0.3, 0.4) is 0 Å². The first-order valence-electron chi connectivity index (χ1n) is 6.78. The zero-order chi connectivity index (χ0) is 17.2. The molecule has 0 radical (unpaired) electrons. The van der Waals surface area contributed by atoms with Crippen LogP contribution in [0.4, 0.5) is 4.39 Å². The average Bonchev–Trinajstić information content (AvgIpc) is 3.03. The molecular weight excluding hydrogens is 357 g/mol. The van der Waals surface area contributed by atoms with Gasteiger partial charge in [0.2, 0.25) is 21.8 Å². The number of sulfonamides is 1. The molecule has 9 heteroatoms. The van der Waals surface area contributed by atoms with Crippen LogP contribution in [0.2, 0.25) is 5.02 Å². The third-order valence-electron chi connectivity index (χ3n) is 3.11. The largest absolute Gasteiger partial charge is 0.419 e. The molecule has 24 heavy (non-hydrogen) atoms. The maximum atomic E-state index is 12.9. The van der Waals surface area contributed by atoms with E-state index in [2.05, 4.69) is 14.9 Å². The molecule has 1 aromatic heterocycles. The molecular formula is C15H11ClFN3O3S. The van der Waals surface area contributed by atoms with E-state index >= 15 is 0 Å². The summed E-state index contributed by atoms with van der Waals surface area (Å²) in [7, 11) is -3.81. The molecule has 124 valence electrons. The summed E-state index contributed by atoms with van der Waals surface area (Å²) in [5, 5.41) is 8.07. The standard InChI is InChI=1S/C15H11ClFN3O3S/c16-13-4-2-1-3-12(13)15-20-19-14(23-15)9-18-24(21,22)11-7-5-10(17)6-8-11/h1-8,18H,9H2. The van der Waals surface area contributed by atoms with Crippen LogP contribution in [-0.4, -0.2) is 18.6 Å². The van der Waals surface area contributed by atoms with E-state index in [-0.39, 0.29) is 23.2 Å². The van der Waals surface area contributed by atoms with Gasteiger partial charge in [-0.15, -0.1) is 10.2 Å². The van der Waals surface area contributed by atoms with Crippen LogP contribution in [-0.2, 0) is 16.6 Å². The Balaban J connectivity index is 1.74. The van der Waals surface area contributed by atoms with Crippen molar-refractivity contribution in [2.45, 2.75) is 11.4 Å². The van der Waals surface area contributed by atoms with Crippen molar-refractivity contribution in [1.29, 1.82) is 0 Å². The van der Waals surface area contributed by atoms with Gasteiger partial charge < -0.3 is 4.42 Å². The third-order valence-corrected chi connectivity index (χ3v) is 4.86. The third kappa shape index (κ3) is 3.61. The van der Waals surface area contributed by atoms with Gasteiger partial charge in [-0.05, 0) is 36.4 Å². The molecule has 0 aliphatic heterocycles. The van der Waals surface area contributed by atoms with Crippen molar-refractivity contribution in [3.05, 3.63) is 65.3 Å². The van der Waals surface area contributed by atoms with Crippen LogP contribution >= 0.6 is 11.6 Å². The number of hydrogen-bond acceptors (Lipinski definition) is 5. The van der Waals surface area contributed by atoms with Crippen LogP contribution in [0, 0.1) is 5.82 Å². The predicted octanol–water partition coefficient (Wildman–Crippen LogP) is 3.01. The highest BCUT2D eigenvalue weighted by Crippen LogP contribution is 2.26. The molecule has 0 saturated heterocycles. The maximum absolute atomic E-state index is 12.9. The zero-order valence-electron chi connectivity index (χ0n) is 12.1. The molecule has 0 saturated carbocycles. The second-order valence-electron chi connectivity index (χ2n) is 4.76. The van der Waals surface area contributed by atoms with Crippen molar-refractivity contribution in [3.8, 4) is 11.5 Å². The van der Waals surface area contributed by atoms with E-state index in [1.807, 2.05) is 0 Å². The minimum absolute atomic E-state index is 0.0604. The highest BCUT2D eigenvalue weighted by atomic mass is 35.5. The van der Waals surface area contributed by atoms with E-state index in [1.165, 1.54) is 12.1 Å². The lowest BCUT2D eigenvalue weighted by Crippen LogP contribution is -2.23. The number of nitrogens with zero attached hydrogens (tertiary/aromatic N) is 2. The summed E-state index contributed by atoms with van der Waals surface area (Å²) in [6.07, 6.45) is 0. The molecule has 3 rings (SSSR count). The van der Waals surface area contributed by atoms with Crippen LogP contribution in [0.1, 0.15) is 5.89 Å². The maximum Gasteiger partial charge on any atom is 0.249 e. The Morgan fingerprint density at radius 3 is 2.50 bits per heavy atom. The van der Waals surface area contributed by atoms with Gasteiger partial charge in [0, 0.05) is 0 Å². The zero-order valence-corrected chi connectivity index (χ0v) is 13.7. The van der Waals surface area contributed by atoms with E-state index in [9.17, 15) is 12.8 Å². The number of benzene rings is 2. The number of nitrogens with one attached hydrogen (secondary N) is 1. The van der Waals surface area contributed by atoms with E-state index in [1.54, 1.807) is 24.3 Å². The fourth-order valence-corrected chi connectivity index (χ4v) is 3.11. The van der Waals surface area contributed by atoms with E-state index < -0.39 is 15.8 Å². The fraction of sp³-hybridized carbons (Fsp3) is 0.0667. The van der Waals surface area contributed by atoms with Crippen molar-refractivity contribution < 1.29 is 17.2 Å². The molecule has 0 aliphatic carbocycles. The van der Waals surface area contributed by atoms with Gasteiger partial charge in [-0.1, -0.05) is 23.7 Å². The summed E-state index contributed by atoms with van der Waals surface area (Å²) in [6, 6.07) is 11.4. The minimum Gasteiger partial charge on any atom is -0.419 e. The Kier molecular flexibility index (Phi) is 4.61. The predicted molar refractivity (Wildman–Crippen MR) is 85.2 cm³/mol. The Bertz CT molecular complexity index is 958. The molecule has 1 N–H and O–H groups in total. The van der Waals surface area contributed by atoms with Gasteiger partial charge in [0.25, 0.3) is 0 Å². The van der Waals surface area contributed by atoms with E-state index in [0.717, 1.165) is 12.1 Å². The van der Waals surface area contributed by atoms with Gasteiger partial charge in [-0.2, -0.15) is 0 Å². The first-order valence-corrected chi connectivity index (χ1v) is 8.64. The number of hydrogen-bond donors (Lipinski definition) is 1. The number of halogens is 2. The molecule has 0 spiro atoms. The van der Waals surface area contributed by atoms with E-state index in [0.29, 0.717) is 10.6 Å². The lowest BCUT2D eigenvalue weighted by Gasteiger charge is -2.04. The molecule has 3 aromatic rings. The minimum atomic E-state index is -3.81. The molecule has 0 amide bonds. The van der Waals surface area contributed by atoms with Gasteiger partial charge in [0.05, 0.1) is 22.0 Å². The van der Waals surface area contributed by atoms with Gasteiger partial charge in [0.15, 0.2) is 0 Å². The quantitative estimate of drug-likeness (QED) is 0.749. The van der Waals surface area contributed by atoms with Gasteiger partial charge in [-0.3, -0.25) is 0 Å². The molecule has 0 aliphatic rings. The Morgan fingerprint density at radius 2 is 1.79 bits per heavy atom. The van der Waals surface area contributed by atoms with Crippen LogP contribution < -0.4 is 4.72 Å². The molecule has 0 fully saturated rings. The molecule has 0 bridgehead atoms.